The van der Waals surface area contributed by atoms with E-state index < -0.39 is 0 Å². The van der Waals surface area contributed by atoms with E-state index in [9.17, 15) is 9.59 Å². The Balaban J connectivity index is 1.90. The van der Waals surface area contributed by atoms with Gasteiger partial charge in [-0.2, -0.15) is 0 Å². The summed E-state index contributed by atoms with van der Waals surface area (Å²) in [5.41, 5.74) is 3.32. The summed E-state index contributed by atoms with van der Waals surface area (Å²) >= 11 is 0. The number of rotatable bonds is 4. The second-order valence-corrected chi connectivity index (χ2v) is 4.97. The molecular weight excluding hydrogens is 264 g/mol. The van der Waals surface area contributed by atoms with E-state index in [4.69, 9.17) is 0 Å². The molecule has 108 valence electrons. The van der Waals surface area contributed by atoms with Crippen LogP contribution in [0.2, 0.25) is 0 Å². The van der Waals surface area contributed by atoms with E-state index >= 15 is 0 Å². The standard InChI is InChI=1S/C17H18N2O2/c1-12-8-13(2)10-14(9-12)17(21)18-11-16(20)19-15-6-4-3-5-7-15/h3-10H,11H2,1-2H3,(H,18,21)(H,19,20). The molecule has 0 spiro atoms. The maximum absolute atomic E-state index is 12.0. The van der Waals surface area contributed by atoms with Crippen LogP contribution in [0.3, 0.4) is 0 Å². The van der Waals surface area contributed by atoms with Gasteiger partial charge in [-0.25, -0.2) is 0 Å². The summed E-state index contributed by atoms with van der Waals surface area (Å²) in [6.07, 6.45) is 0. The largest absolute Gasteiger partial charge is 0.343 e. The van der Waals surface area contributed by atoms with Crippen LogP contribution < -0.4 is 10.6 Å². The highest BCUT2D eigenvalue weighted by molar-refractivity contribution is 5.99. The van der Waals surface area contributed by atoms with E-state index in [0.717, 1.165) is 11.1 Å². The van der Waals surface area contributed by atoms with Crippen molar-refractivity contribution in [2.24, 2.45) is 0 Å². The zero-order valence-corrected chi connectivity index (χ0v) is 12.1. The molecule has 2 rings (SSSR count). The third-order valence-corrected chi connectivity index (χ3v) is 2.95. The first-order valence-electron chi connectivity index (χ1n) is 6.76. The Hall–Kier alpha value is -2.62. The smallest absolute Gasteiger partial charge is 0.251 e. The van der Waals surface area contributed by atoms with Gasteiger partial charge in [0.05, 0.1) is 6.54 Å². The van der Waals surface area contributed by atoms with Gasteiger partial charge >= 0.3 is 0 Å². The first-order valence-corrected chi connectivity index (χ1v) is 6.76. The first-order chi connectivity index (χ1) is 10.0. The number of benzene rings is 2. The molecule has 0 unspecified atom stereocenters. The molecule has 0 aromatic heterocycles. The van der Waals surface area contributed by atoms with E-state index in [1.807, 2.05) is 38.1 Å². The minimum absolute atomic E-state index is 0.0548. The summed E-state index contributed by atoms with van der Waals surface area (Å²) in [7, 11) is 0. The molecule has 0 aliphatic carbocycles. The van der Waals surface area contributed by atoms with Crippen LogP contribution in [0.4, 0.5) is 5.69 Å². The minimum Gasteiger partial charge on any atom is -0.343 e. The number of anilines is 1. The zero-order valence-electron chi connectivity index (χ0n) is 12.1. The van der Waals surface area contributed by atoms with Gasteiger partial charge in [0.2, 0.25) is 5.91 Å². The molecule has 2 N–H and O–H groups in total. The van der Waals surface area contributed by atoms with Crippen LogP contribution in [0.25, 0.3) is 0 Å². The number of aryl methyl sites for hydroxylation is 2. The van der Waals surface area contributed by atoms with Crippen molar-refractivity contribution in [2.45, 2.75) is 13.8 Å². The SMILES string of the molecule is Cc1cc(C)cc(C(=O)NCC(=O)Nc2ccccc2)c1. The fourth-order valence-corrected chi connectivity index (χ4v) is 2.10. The molecule has 0 aliphatic rings. The Kier molecular flexibility index (Phi) is 4.72. The van der Waals surface area contributed by atoms with Crippen molar-refractivity contribution >= 4 is 17.5 Å². The highest BCUT2D eigenvalue weighted by atomic mass is 16.2. The highest BCUT2D eigenvalue weighted by Crippen LogP contribution is 2.08. The van der Waals surface area contributed by atoms with Crippen LogP contribution in [0.15, 0.2) is 48.5 Å². The number of carbonyl (C=O) groups excluding carboxylic acids is 2. The van der Waals surface area contributed by atoms with Gasteiger partial charge < -0.3 is 10.6 Å². The van der Waals surface area contributed by atoms with Crippen molar-refractivity contribution in [3.63, 3.8) is 0 Å². The summed E-state index contributed by atoms with van der Waals surface area (Å²) in [5.74, 6) is -0.496. The Morgan fingerprint density at radius 3 is 2.19 bits per heavy atom. The van der Waals surface area contributed by atoms with Gasteiger partial charge in [-0.05, 0) is 38.1 Å². The lowest BCUT2D eigenvalue weighted by Gasteiger charge is -2.08. The molecular formula is C17H18N2O2. The minimum atomic E-state index is -0.251. The second-order valence-electron chi connectivity index (χ2n) is 4.97. The van der Waals surface area contributed by atoms with Gasteiger partial charge in [-0.3, -0.25) is 9.59 Å². The molecule has 4 nitrogen and oxygen atoms in total. The lowest BCUT2D eigenvalue weighted by atomic mass is 10.1. The van der Waals surface area contributed by atoms with Crippen LogP contribution in [0.5, 0.6) is 0 Å². The third-order valence-electron chi connectivity index (χ3n) is 2.95. The van der Waals surface area contributed by atoms with Crippen molar-refractivity contribution in [1.82, 2.24) is 5.32 Å². The monoisotopic (exact) mass is 282 g/mol. The van der Waals surface area contributed by atoms with Gasteiger partial charge in [-0.15, -0.1) is 0 Å². The van der Waals surface area contributed by atoms with E-state index in [0.29, 0.717) is 11.3 Å². The highest BCUT2D eigenvalue weighted by Gasteiger charge is 2.09. The number of carbonyl (C=O) groups is 2. The van der Waals surface area contributed by atoms with Gasteiger partial charge in [0.1, 0.15) is 0 Å². The molecule has 2 aromatic carbocycles. The molecule has 0 heterocycles. The molecule has 0 radical (unpaired) electrons. The first kappa shape index (κ1) is 14.8. The molecule has 2 amide bonds. The van der Waals surface area contributed by atoms with Gasteiger partial charge in [0, 0.05) is 11.3 Å². The number of hydrogen-bond donors (Lipinski definition) is 2. The van der Waals surface area contributed by atoms with Crippen molar-refractivity contribution in [3.05, 3.63) is 65.2 Å². The molecule has 0 atom stereocenters. The molecule has 21 heavy (non-hydrogen) atoms. The summed E-state index contributed by atoms with van der Waals surface area (Å²) in [4.78, 5) is 23.8. The normalized spacial score (nSPS) is 10.0. The number of nitrogens with one attached hydrogen (secondary N) is 2. The molecule has 0 saturated carbocycles. The van der Waals surface area contributed by atoms with Crippen LogP contribution in [0.1, 0.15) is 21.5 Å². The number of hydrogen-bond acceptors (Lipinski definition) is 2. The Morgan fingerprint density at radius 1 is 0.952 bits per heavy atom. The van der Waals surface area contributed by atoms with E-state index in [-0.39, 0.29) is 18.4 Å². The topological polar surface area (TPSA) is 58.2 Å². The summed E-state index contributed by atoms with van der Waals surface area (Å²) in [5, 5.41) is 5.34. The maximum Gasteiger partial charge on any atom is 0.251 e. The van der Waals surface area contributed by atoms with E-state index in [2.05, 4.69) is 10.6 Å². The second kappa shape index (κ2) is 6.70. The fraction of sp³-hybridized carbons (Fsp3) is 0.176. The van der Waals surface area contributed by atoms with Crippen LogP contribution in [-0.4, -0.2) is 18.4 Å². The van der Waals surface area contributed by atoms with E-state index in [1.54, 1.807) is 24.3 Å². The molecule has 0 bridgehead atoms. The summed E-state index contributed by atoms with van der Waals surface area (Å²) < 4.78 is 0. The van der Waals surface area contributed by atoms with Crippen molar-refractivity contribution in [1.29, 1.82) is 0 Å². The Labute approximate surface area is 124 Å². The predicted molar refractivity (Wildman–Crippen MR) is 83.3 cm³/mol. The average Bonchev–Trinajstić information content (AvgIpc) is 2.45. The lowest BCUT2D eigenvalue weighted by molar-refractivity contribution is -0.115. The van der Waals surface area contributed by atoms with Gasteiger partial charge in [0.15, 0.2) is 0 Å². The third kappa shape index (κ3) is 4.45. The van der Waals surface area contributed by atoms with Crippen molar-refractivity contribution in [2.75, 3.05) is 11.9 Å². The molecule has 0 aliphatic heterocycles. The average molecular weight is 282 g/mol. The van der Waals surface area contributed by atoms with Crippen molar-refractivity contribution in [3.8, 4) is 0 Å². The fourth-order valence-electron chi connectivity index (χ4n) is 2.10. The number of para-hydroxylation sites is 1. The van der Waals surface area contributed by atoms with Crippen LogP contribution in [0, 0.1) is 13.8 Å². The predicted octanol–water partition coefficient (Wildman–Crippen LogP) is 2.67. The molecule has 0 fully saturated rings. The zero-order chi connectivity index (χ0) is 15.2. The van der Waals surface area contributed by atoms with Crippen LogP contribution in [-0.2, 0) is 4.79 Å². The van der Waals surface area contributed by atoms with E-state index in [1.165, 1.54) is 0 Å². The molecule has 2 aromatic rings. The van der Waals surface area contributed by atoms with Crippen molar-refractivity contribution < 1.29 is 9.59 Å². The quantitative estimate of drug-likeness (QED) is 0.905. The molecule has 4 heteroatoms. The van der Waals surface area contributed by atoms with Gasteiger partial charge in [0.25, 0.3) is 5.91 Å². The van der Waals surface area contributed by atoms with Gasteiger partial charge in [-0.1, -0.05) is 35.4 Å². The molecule has 0 saturated heterocycles. The van der Waals surface area contributed by atoms with Crippen LogP contribution >= 0.6 is 0 Å². The lowest BCUT2D eigenvalue weighted by Crippen LogP contribution is -2.32. The number of amides is 2. The summed E-state index contributed by atoms with van der Waals surface area (Å²) in [6.45, 7) is 3.82. The summed E-state index contributed by atoms with van der Waals surface area (Å²) in [6, 6.07) is 14.7. The Morgan fingerprint density at radius 2 is 1.57 bits per heavy atom. The Bertz CT molecular complexity index is 631. The maximum atomic E-state index is 12.0.